The first-order chi connectivity index (χ1) is 10.1. The van der Waals surface area contributed by atoms with Gasteiger partial charge in [0.25, 0.3) is 5.91 Å². The number of rotatable bonds is 2. The summed E-state index contributed by atoms with van der Waals surface area (Å²) in [6.07, 6.45) is 5.93. The van der Waals surface area contributed by atoms with Crippen LogP contribution in [-0.4, -0.2) is 33.7 Å². The first kappa shape index (κ1) is 19.3. The predicted molar refractivity (Wildman–Crippen MR) is 96.5 cm³/mol. The minimum Gasteiger partial charge on any atom is -0.398 e. The fourth-order valence-electron chi connectivity index (χ4n) is 2.85. The van der Waals surface area contributed by atoms with E-state index in [2.05, 4.69) is 5.10 Å². The van der Waals surface area contributed by atoms with Gasteiger partial charge < -0.3 is 10.6 Å². The Labute approximate surface area is 148 Å². The molecule has 1 atom stereocenters. The summed E-state index contributed by atoms with van der Waals surface area (Å²) in [6, 6.07) is 7.51. The molecule has 23 heavy (non-hydrogen) atoms. The van der Waals surface area contributed by atoms with Crippen LogP contribution in [0.25, 0.3) is 0 Å². The van der Waals surface area contributed by atoms with Crippen molar-refractivity contribution in [3.63, 3.8) is 0 Å². The molecular weight excluding hydrogens is 335 g/mol. The van der Waals surface area contributed by atoms with E-state index in [4.69, 9.17) is 5.73 Å². The van der Waals surface area contributed by atoms with Crippen molar-refractivity contribution in [1.82, 2.24) is 14.7 Å². The van der Waals surface area contributed by atoms with Gasteiger partial charge in [-0.15, -0.1) is 24.8 Å². The maximum Gasteiger partial charge on any atom is 0.256 e. The highest BCUT2D eigenvalue weighted by Crippen LogP contribution is 2.24. The number of carbonyl (C=O) groups is 1. The summed E-state index contributed by atoms with van der Waals surface area (Å²) < 4.78 is 1.98. The third-order valence-corrected chi connectivity index (χ3v) is 3.98. The second-order valence-corrected chi connectivity index (χ2v) is 5.63. The topological polar surface area (TPSA) is 64.2 Å². The number of para-hydroxylation sites is 1. The number of piperidine rings is 1. The summed E-state index contributed by atoms with van der Waals surface area (Å²) in [7, 11) is 0. The van der Waals surface area contributed by atoms with Crippen molar-refractivity contribution in [1.29, 1.82) is 0 Å². The monoisotopic (exact) mass is 356 g/mol. The Balaban J connectivity index is 0.00000132. The lowest BCUT2D eigenvalue weighted by Crippen LogP contribution is -2.41. The van der Waals surface area contributed by atoms with Crippen LogP contribution in [0.15, 0.2) is 36.7 Å². The van der Waals surface area contributed by atoms with Gasteiger partial charge >= 0.3 is 0 Å². The number of amides is 1. The Hall–Kier alpha value is -1.72. The first-order valence-corrected chi connectivity index (χ1v) is 7.29. The van der Waals surface area contributed by atoms with Crippen LogP contribution in [0.5, 0.6) is 0 Å². The number of hydrogen-bond donors (Lipinski definition) is 1. The Bertz CT molecular complexity index is 659. The summed E-state index contributed by atoms with van der Waals surface area (Å²) in [5, 5.41) is 4.38. The number of carbonyl (C=O) groups excluding carboxylic acids is 1. The van der Waals surface area contributed by atoms with E-state index in [-0.39, 0.29) is 36.8 Å². The van der Waals surface area contributed by atoms with Crippen LogP contribution in [0.2, 0.25) is 0 Å². The molecule has 0 saturated carbocycles. The quantitative estimate of drug-likeness (QED) is 0.840. The van der Waals surface area contributed by atoms with E-state index in [1.165, 1.54) is 0 Å². The minimum absolute atomic E-state index is 0. The second kappa shape index (κ2) is 8.22. The molecule has 2 N–H and O–H groups in total. The lowest BCUT2D eigenvalue weighted by Gasteiger charge is -2.33. The van der Waals surface area contributed by atoms with Gasteiger partial charge in [-0.25, -0.2) is 0 Å². The van der Waals surface area contributed by atoms with E-state index in [9.17, 15) is 4.79 Å². The SMILES string of the molecule is Cc1cnn(C2CCCN(C(=O)c3ccccc3N)C2)c1.Cl.Cl. The molecule has 1 aliphatic heterocycles. The summed E-state index contributed by atoms with van der Waals surface area (Å²) >= 11 is 0. The number of likely N-dealkylation sites (tertiary alicyclic amines) is 1. The zero-order valence-electron chi connectivity index (χ0n) is 13.0. The van der Waals surface area contributed by atoms with Gasteiger partial charge in [0.2, 0.25) is 0 Å². The first-order valence-electron chi connectivity index (χ1n) is 7.29. The van der Waals surface area contributed by atoms with Crippen molar-refractivity contribution in [2.75, 3.05) is 18.8 Å². The molecule has 0 aliphatic carbocycles. The Morgan fingerprint density at radius 3 is 2.70 bits per heavy atom. The van der Waals surface area contributed by atoms with Crippen molar-refractivity contribution in [3.8, 4) is 0 Å². The van der Waals surface area contributed by atoms with Gasteiger partial charge in [-0.2, -0.15) is 5.10 Å². The summed E-state index contributed by atoms with van der Waals surface area (Å²) in [6.45, 7) is 3.50. The van der Waals surface area contributed by atoms with Crippen molar-refractivity contribution < 1.29 is 4.79 Å². The van der Waals surface area contributed by atoms with Crippen molar-refractivity contribution >= 4 is 36.4 Å². The highest BCUT2D eigenvalue weighted by molar-refractivity contribution is 5.99. The second-order valence-electron chi connectivity index (χ2n) is 5.63. The van der Waals surface area contributed by atoms with Crippen molar-refractivity contribution in [2.24, 2.45) is 0 Å². The normalized spacial score (nSPS) is 17.1. The number of aromatic nitrogens is 2. The van der Waals surface area contributed by atoms with Gasteiger partial charge in [-0.3, -0.25) is 9.48 Å². The maximum absolute atomic E-state index is 12.6. The van der Waals surface area contributed by atoms with Gasteiger partial charge in [0, 0.05) is 25.0 Å². The molecule has 1 aromatic heterocycles. The Morgan fingerprint density at radius 1 is 1.30 bits per heavy atom. The highest BCUT2D eigenvalue weighted by atomic mass is 35.5. The van der Waals surface area contributed by atoms with Gasteiger partial charge in [0.15, 0.2) is 0 Å². The summed E-state index contributed by atoms with van der Waals surface area (Å²) in [5.74, 6) is 0.0154. The van der Waals surface area contributed by atoms with Crippen LogP contribution in [0.4, 0.5) is 5.69 Å². The number of benzene rings is 1. The molecule has 0 bridgehead atoms. The van der Waals surface area contributed by atoms with Crippen LogP contribution in [0.3, 0.4) is 0 Å². The van der Waals surface area contributed by atoms with E-state index in [1.54, 1.807) is 12.1 Å². The van der Waals surface area contributed by atoms with E-state index >= 15 is 0 Å². The number of nitrogens with zero attached hydrogens (tertiary/aromatic N) is 3. The smallest absolute Gasteiger partial charge is 0.256 e. The van der Waals surface area contributed by atoms with E-state index in [1.807, 2.05) is 41.0 Å². The van der Waals surface area contributed by atoms with Crippen molar-refractivity contribution in [2.45, 2.75) is 25.8 Å². The molecule has 1 aliphatic rings. The van der Waals surface area contributed by atoms with E-state index in [0.717, 1.165) is 24.9 Å². The average molecular weight is 357 g/mol. The third kappa shape index (κ3) is 4.18. The molecule has 5 nitrogen and oxygen atoms in total. The molecule has 3 rings (SSSR count). The maximum atomic E-state index is 12.6. The Morgan fingerprint density at radius 2 is 2.04 bits per heavy atom. The number of anilines is 1. The molecule has 2 aromatic rings. The molecule has 1 saturated heterocycles. The molecule has 7 heteroatoms. The molecule has 1 unspecified atom stereocenters. The average Bonchev–Trinajstić information content (AvgIpc) is 2.94. The highest BCUT2D eigenvalue weighted by Gasteiger charge is 2.26. The van der Waals surface area contributed by atoms with Crippen LogP contribution in [0, 0.1) is 6.92 Å². The van der Waals surface area contributed by atoms with Crippen LogP contribution in [0.1, 0.15) is 34.8 Å². The summed E-state index contributed by atoms with van der Waals surface area (Å²) in [5.41, 5.74) is 8.19. The van der Waals surface area contributed by atoms with E-state index < -0.39 is 0 Å². The van der Waals surface area contributed by atoms with Gasteiger partial charge in [-0.05, 0) is 37.5 Å². The number of aryl methyl sites for hydroxylation is 1. The molecular formula is C16H22Cl2N4O. The zero-order chi connectivity index (χ0) is 14.8. The minimum atomic E-state index is 0. The number of hydrogen-bond acceptors (Lipinski definition) is 3. The lowest BCUT2D eigenvalue weighted by molar-refractivity contribution is 0.0674. The molecule has 126 valence electrons. The molecule has 1 amide bonds. The molecule has 0 spiro atoms. The van der Waals surface area contributed by atoms with Crippen LogP contribution >= 0.6 is 24.8 Å². The Kier molecular flexibility index (Phi) is 6.91. The number of nitrogens with two attached hydrogens (primary N) is 1. The standard InChI is InChI=1S/C16H20N4O.2ClH/c1-12-9-18-20(10-12)13-5-4-8-19(11-13)16(21)14-6-2-3-7-15(14)17;;/h2-3,6-7,9-10,13H,4-5,8,11,17H2,1H3;2*1H. The fraction of sp³-hybridized carbons (Fsp3) is 0.375. The van der Waals surface area contributed by atoms with Gasteiger partial charge in [0.05, 0.1) is 17.8 Å². The third-order valence-electron chi connectivity index (χ3n) is 3.98. The van der Waals surface area contributed by atoms with Crippen molar-refractivity contribution in [3.05, 3.63) is 47.8 Å². The van der Waals surface area contributed by atoms with Crippen LogP contribution < -0.4 is 5.73 Å². The molecule has 2 heterocycles. The largest absolute Gasteiger partial charge is 0.398 e. The van der Waals surface area contributed by atoms with Gasteiger partial charge in [0.1, 0.15) is 0 Å². The predicted octanol–water partition coefficient (Wildman–Crippen LogP) is 3.09. The van der Waals surface area contributed by atoms with Gasteiger partial charge in [-0.1, -0.05) is 12.1 Å². The van der Waals surface area contributed by atoms with E-state index in [0.29, 0.717) is 17.8 Å². The fourth-order valence-corrected chi connectivity index (χ4v) is 2.85. The lowest BCUT2D eigenvalue weighted by atomic mass is 10.0. The molecule has 1 fully saturated rings. The molecule has 0 radical (unpaired) electrons. The zero-order valence-corrected chi connectivity index (χ0v) is 14.6. The number of halogens is 2. The molecule has 1 aromatic carbocycles. The number of nitrogen functional groups attached to an aromatic ring is 1. The van der Waals surface area contributed by atoms with Crippen LogP contribution in [-0.2, 0) is 0 Å². The summed E-state index contributed by atoms with van der Waals surface area (Å²) in [4.78, 5) is 14.5.